The SMILES string of the molecule is CN(CC(F)F)c1nc2ccccc2cc1/C(N)=N/O. The lowest BCUT2D eigenvalue weighted by atomic mass is 10.1. The lowest BCUT2D eigenvalue weighted by Gasteiger charge is -2.21. The highest BCUT2D eigenvalue weighted by molar-refractivity contribution is 6.04. The van der Waals surface area contributed by atoms with E-state index in [1.165, 1.54) is 11.9 Å². The molecule has 0 unspecified atom stereocenters. The molecule has 0 atom stereocenters. The van der Waals surface area contributed by atoms with Crippen LogP contribution < -0.4 is 10.6 Å². The third kappa shape index (κ3) is 2.76. The minimum Gasteiger partial charge on any atom is -0.409 e. The Hall–Kier alpha value is -2.44. The van der Waals surface area contributed by atoms with E-state index in [1.54, 1.807) is 18.2 Å². The Kier molecular flexibility index (Phi) is 3.97. The number of halogens is 2. The van der Waals surface area contributed by atoms with E-state index < -0.39 is 13.0 Å². The molecule has 1 aromatic carbocycles. The van der Waals surface area contributed by atoms with Gasteiger partial charge in [0.15, 0.2) is 5.84 Å². The maximum absolute atomic E-state index is 12.5. The molecule has 0 fully saturated rings. The highest BCUT2D eigenvalue weighted by Crippen LogP contribution is 2.23. The highest BCUT2D eigenvalue weighted by atomic mass is 19.3. The number of alkyl halides is 2. The van der Waals surface area contributed by atoms with Crippen LogP contribution in [-0.4, -0.2) is 36.0 Å². The normalized spacial score (nSPS) is 12.1. The molecule has 5 nitrogen and oxygen atoms in total. The number of aromatic nitrogens is 1. The molecule has 0 aliphatic carbocycles. The fourth-order valence-corrected chi connectivity index (χ4v) is 1.93. The maximum Gasteiger partial charge on any atom is 0.255 e. The molecule has 0 aliphatic heterocycles. The van der Waals surface area contributed by atoms with Gasteiger partial charge in [-0.25, -0.2) is 13.8 Å². The zero-order valence-electron chi connectivity index (χ0n) is 10.8. The number of oxime groups is 1. The van der Waals surface area contributed by atoms with Gasteiger partial charge in [-0.3, -0.25) is 0 Å². The van der Waals surface area contributed by atoms with Crippen LogP contribution in [0.4, 0.5) is 14.6 Å². The molecule has 0 radical (unpaired) electrons. The number of amidine groups is 1. The molecule has 20 heavy (non-hydrogen) atoms. The molecular weight excluding hydrogens is 266 g/mol. The molecule has 0 amide bonds. The highest BCUT2D eigenvalue weighted by Gasteiger charge is 2.17. The number of fused-ring (bicyclic) bond motifs is 1. The molecular formula is C13H14F2N4O. The molecule has 106 valence electrons. The van der Waals surface area contributed by atoms with Gasteiger partial charge < -0.3 is 15.8 Å². The summed E-state index contributed by atoms with van der Waals surface area (Å²) in [5.41, 5.74) is 6.57. The van der Waals surface area contributed by atoms with Gasteiger partial charge in [-0.1, -0.05) is 23.4 Å². The van der Waals surface area contributed by atoms with Crippen molar-refractivity contribution in [2.75, 3.05) is 18.5 Å². The maximum atomic E-state index is 12.5. The van der Waals surface area contributed by atoms with Gasteiger partial charge in [-0.15, -0.1) is 0 Å². The van der Waals surface area contributed by atoms with Gasteiger partial charge in [0.05, 0.1) is 17.6 Å². The lowest BCUT2D eigenvalue weighted by molar-refractivity contribution is 0.156. The molecule has 1 aromatic heterocycles. The Morgan fingerprint density at radius 1 is 1.45 bits per heavy atom. The zero-order valence-corrected chi connectivity index (χ0v) is 10.8. The van der Waals surface area contributed by atoms with Gasteiger partial charge in [0.25, 0.3) is 6.43 Å². The van der Waals surface area contributed by atoms with Crippen LogP contribution in [0.15, 0.2) is 35.5 Å². The number of rotatable bonds is 4. The fourth-order valence-electron chi connectivity index (χ4n) is 1.93. The number of nitrogens with zero attached hydrogens (tertiary/aromatic N) is 3. The number of para-hydroxylation sites is 1. The quantitative estimate of drug-likeness (QED) is 0.389. The van der Waals surface area contributed by atoms with Crippen molar-refractivity contribution in [3.05, 3.63) is 35.9 Å². The smallest absolute Gasteiger partial charge is 0.255 e. The Bertz CT molecular complexity index is 645. The predicted molar refractivity (Wildman–Crippen MR) is 73.5 cm³/mol. The van der Waals surface area contributed by atoms with Crippen LogP contribution in [0.3, 0.4) is 0 Å². The van der Waals surface area contributed by atoms with Crippen LogP contribution in [-0.2, 0) is 0 Å². The third-order valence-electron chi connectivity index (χ3n) is 2.86. The van der Waals surface area contributed by atoms with Crippen molar-refractivity contribution in [2.24, 2.45) is 10.9 Å². The molecule has 0 aliphatic rings. The minimum atomic E-state index is -2.51. The van der Waals surface area contributed by atoms with Crippen molar-refractivity contribution in [3.63, 3.8) is 0 Å². The largest absolute Gasteiger partial charge is 0.409 e. The minimum absolute atomic E-state index is 0.167. The molecule has 0 bridgehead atoms. The van der Waals surface area contributed by atoms with E-state index in [4.69, 9.17) is 10.9 Å². The zero-order chi connectivity index (χ0) is 14.7. The fraction of sp³-hybridized carbons (Fsp3) is 0.231. The number of anilines is 1. The Morgan fingerprint density at radius 2 is 2.15 bits per heavy atom. The van der Waals surface area contributed by atoms with Crippen LogP contribution >= 0.6 is 0 Å². The first-order chi connectivity index (χ1) is 9.52. The number of hydrogen-bond donors (Lipinski definition) is 2. The first kappa shape index (κ1) is 14.0. The summed E-state index contributed by atoms with van der Waals surface area (Å²) in [6, 6.07) is 8.87. The van der Waals surface area contributed by atoms with Gasteiger partial charge in [0.2, 0.25) is 0 Å². The van der Waals surface area contributed by atoms with E-state index >= 15 is 0 Å². The predicted octanol–water partition coefficient (Wildman–Crippen LogP) is 2.03. The molecule has 2 aromatic rings. The Morgan fingerprint density at radius 3 is 2.80 bits per heavy atom. The Balaban J connectivity index is 2.59. The summed E-state index contributed by atoms with van der Waals surface area (Å²) in [4.78, 5) is 5.60. The summed E-state index contributed by atoms with van der Waals surface area (Å²) >= 11 is 0. The van der Waals surface area contributed by atoms with E-state index in [2.05, 4.69) is 10.1 Å². The second-order valence-electron chi connectivity index (χ2n) is 4.31. The van der Waals surface area contributed by atoms with E-state index in [1.807, 2.05) is 12.1 Å². The van der Waals surface area contributed by atoms with Gasteiger partial charge in [-0.2, -0.15) is 0 Å². The van der Waals surface area contributed by atoms with Gasteiger partial charge in [0, 0.05) is 12.4 Å². The van der Waals surface area contributed by atoms with Crippen molar-refractivity contribution in [1.29, 1.82) is 0 Å². The summed E-state index contributed by atoms with van der Waals surface area (Å²) in [5, 5.41) is 12.5. The third-order valence-corrected chi connectivity index (χ3v) is 2.86. The number of nitrogens with two attached hydrogens (primary N) is 1. The summed E-state index contributed by atoms with van der Waals surface area (Å²) in [6.45, 7) is -0.489. The van der Waals surface area contributed by atoms with Crippen molar-refractivity contribution in [1.82, 2.24) is 4.98 Å². The first-order valence-electron chi connectivity index (χ1n) is 5.90. The molecule has 0 saturated heterocycles. The number of pyridine rings is 1. The summed E-state index contributed by atoms with van der Waals surface area (Å²) < 4.78 is 25.0. The van der Waals surface area contributed by atoms with Crippen LogP contribution in [0, 0.1) is 0 Å². The molecule has 7 heteroatoms. The molecule has 3 N–H and O–H groups in total. The van der Waals surface area contributed by atoms with E-state index in [-0.39, 0.29) is 11.7 Å². The average molecular weight is 280 g/mol. The van der Waals surface area contributed by atoms with Crippen molar-refractivity contribution < 1.29 is 14.0 Å². The van der Waals surface area contributed by atoms with E-state index in [9.17, 15) is 8.78 Å². The summed E-state index contributed by atoms with van der Waals surface area (Å²) in [7, 11) is 1.48. The Labute approximate surface area is 114 Å². The second kappa shape index (κ2) is 5.68. The van der Waals surface area contributed by atoms with Crippen LogP contribution in [0.1, 0.15) is 5.56 Å². The first-order valence-corrected chi connectivity index (χ1v) is 5.90. The average Bonchev–Trinajstić information content (AvgIpc) is 2.44. The molecule has 1 heterocycles. The molecule has 0 saturated carbocycles. The number of benzene rings is 1. The molecule has 0 spiro atoms. The van der Waals surface area contributed by atoms with Crippen molar-refractivity contribution >= 4 is 22.6 Å². The van der Waals surface area contributed by atoms with Gasteiger partial charge >= 0.3 is 0 Å². The van der Waals surface area contributed by atoms with Crippen LogP contribution in [0.25, 0.3) is 10.9 Å². The van der Waals surface area contributed by atoms with Gasteiger partial charge in [-0.05, 0) is 12.1 Å². The van der Waals surface area contributed by atoms with Crippen molar-refractivity contribution in [2.45, 2.75) is 6.43 Å². The van der Waals surface area contributed by atoms with Crippen LogP contribution in [0.2, 0.25) is 0 Å². The monoisotopic (exact) mass is 280 g/mol. The van der Waals surface area contributed by atoms with Gasteiger partial charge in [0.1, 0.15) is 5.82 Å². The summed E-state index contributed by atoms with van der Waals surface area (Å²) in [6.07, 6.45) is -2.51. The van der Waals surface area contributed by atoms with Crippen molar-refractivity contribution in [3.8, 4) is 0 Å². The topological polar surface area (TPSA) is 74.7 Å². The lowest BCUT2D eigenvalue weighted by Crippen LogP contribution is -2.28. The second-order valence-corrected chi connectivity index (χ2v) is 4.31. The number of hydrogen-bond acceptors (Lipinski definition) is 4. The van der Waals surface area contributed by atoms with Crippen LogP contribution in [0.5, 0.6) is 0 Å². The molecule has 2 rings (SSSR count). The van der Waals surface area contributed by atoms with E-state index in [0.717, 1.165) is 5.39 Å². The summed E-state index contributed by atoms with van der Waals surface area (Å²) in [5.74, 6) is 0.0821. The van der Waals surface area contributed by atoms with E-state index in [0.29, 0.717) is 11.1 Å². The standard InChI is InChI=1S/C13H14F2N4O/c1-19(7-11(14)15)13-9(12(16)18-20)6-8-4-2-3-5-10(8)17-13/h2-6,11,20H,7H2,1H3,(H2,16,18).